The van der Waals surface area contributed by atoms with Gasteiger partial charge in [0.2, 0.25) is 0 Å². The molecule has 0 aromatic carbocycles. The van der Waals surface area contributed by atoms with E-state index in [1.165, 1.54) is 0 Å². The number of aliphatic hydroxyl groups excluding tert-OH is 1. The van der Waals surface area contributed by atoms with E-state index >= 15 is 0 Å². The second-order valence-electron chi connectivity index (χ2n) is 0.902. The minimum absolute atomic E-state index is 0.465. The maximum Gasteiger partial charge on any atom is 0.288 e. The normalized spacial score (nSPS) is 13.4. The number of aliphatic hydroxyl groups is 1. The third-order valence-electron chi connectivity index (χ3n) is 0.379. The molecule has 0 saturated heterocycles. The molecular formula is C2H4BrNO3. The molecule has 4 nitrogen and oxygen atoms in total. The Hall–Kier alpha value is -0.160. The highest BCUT2D eigenvalue weighted by atomic mass is 79.9. The molecule has 0 aromatic heterocycles. The van der Waals surface area contributed by atoms with Crippen molar-refractivity contribution in [2.24, 2.45) is 0 Å². The zero-order chi connectivity index (χ0) is 5.86. The highest BCUT2D eigenvalue weighted by molar-refractivity contribution is 9.09. The summed E-state index contributed by atoms with van der Waals surface area (Å²) in [5, 5.41) is 17.5. The molecule has 0 rings (SSSR count). The van der Waals surface area contributed by atoms with Crippen molar-refractivity contribution in [2.75, 3.05) is 6.61 Å². The van der Waals surface area contributed by atoms with Gasteiger partial charge in [0, 0.05) is 4.92 Å². The monoisotopic (exact) mass is 169 g/mol. The summed E-state index contributed by atoms with van der Waals surface area (Å²) in [5.41, 5.74) is 0. The summed E-state index contributed by atoms with van der Waals surface area (Å²) in [6.45, 7) is -0.465. The number of alkyl halides is 1. The zero-order valence-electron chi connectivity index (χ0n) is 3.37. The topological polar surface area (TPSA) is 63.4 Å². The van der Waals surface area contributed by atoms with E-state index < -0.39 is 16.5 Å². The van der Waals surface area contributed by atoms with E-state index in [1.807, 2.05) is 0 Å². The molecule has 0 aliphatic rings. The molecule has 0 bridgehead atoms. The van der Waals surface area contributed by atoms with Crippen LogP contribution in [-0.2, 0) is 0 Å². The fraction of sp³-hybridized carbons (Fsp3) is 1.00. The lowest BCUT2D eigenvalue weighted by atomic mass is 10.7. The van der Waals surface area contributed by atoms with Crippen molar-refractivity contribution in [1.29, 1.82) is 0 Å². The molecule has 0 saturated carbocycles. The second-order valence-corrected chi connectivity index (χ2v) is 1.96. The molecule has 7 heavy (non-hydrogen) atoms. The Labute approximate surface area is 48.4 Å². The van der Waals surface area contributed by atoms with Crippen LogP contribution in [0.25, 0.3) is 0 Å². The van der Waals surface area contributed by atoms with Gasteiger partial charge >= 0.3 is 0 Å². The molecule has 0 fully saturated rings. The quantitative estimate of drug-likeness (QED) is 0.274. The Balaban J connectivity index is 3.34. The van der Waals surface area contributed by atoms with Crippen LogP contribution >= 0.6 is 15.9 Å². The van der Waals surface area contributed by atoms with E-state index in [0.29, 0.717) is 0 Å². The molecule has 0 heterocycles. The number of nitro groups is 1. The molecule has 0 spiro atoms. The van der Waals surface area contributed by atoms with Gasteiger partial charge in [0.15, 0.2) is 0 Å². The number of halogens is 1. The van der Waals surface area contributed by atoms with Gasteiger partial charge in [-0.1, -0.05) is 0 Å². The van der Waals surface area contributed by atoms with E-state index in [2.05, 4.69) is 15.9 Å². The number of hydrogen-bond acceptors (Lipinski definition) is 3. The van der Waals surface area contributed by atoms with Gasteiger partial charge in [-0.2, -0.15) is 0 Å². The first-order valence-electron chi connectivity index (χ1n) is 1.57. The van der Waals surface area contributed by atoms with Crippen molar-refractivity contribution in [3.8, 4) is 0 Å². The first kappa shape index (κ1) is 6.84. The number of nitrogens with zero attached hydrogens (tertiary/aromatic N) is 1. The maximum absolute atomic E-state index is 9.53. The van der Waals surface area contributed by atoms with Gasteiger partial charge < -0.3 is 5.11 Å². The lowest BCUT2D eigenvalue weighted by Gasteiger charge is -1.91. The molecule has 1 N–H and O–H groups in total. The summed E-state index contributed by atoms with van der Waals surface area (Å²) in [5.74, 6) is 0. The Kier molecular flexibility index (Phi) is 2.86. The first-order valence-corrected chi connectivity index (χ1v) is 2.48. The molecule has 0 radical (unpaired) electrons. The van der Waals surface area contributed by atoms with Crippen LogP contribution in [0.2, 0.25) is 0 Å². The summed E-state index contributed by atoms with van der Waals surface area (Å²) >= 11 is 2.59. The van der Waals surface area contributed by atoms with Gasteiger partial charge in [0.05, 0.1) is 0 Å². The third kappa shape index (κ3) is 2.52. The zero-order valence-corrected chi connectivity index (χ0v) is 4.96. The largest absolute Gasteiger partial charge is 0.388 e. The average molecular weight is 170 g/mol. The van der Waals surface area contributed by atoms with Crippen molar-refractivity contribution in [1.82, 2.24) is 0 Å². The minimum atomic E-state index is -1.01. The highest BCUT2D eigenvalue weighted by Crippen LogP contribution is 1.95. The minimum Gasteiger partial charge on any atom is -0.388 e. The van der Waals surface area contributed by atoms with Crippen molar-refractivity contribution in [2.45, 2.75) is 4.95 Å². The molecule has 42 valence electrons. The first-order chi connectivity index (χ1) is 3.18. The van der Waals surface area contributed by atoms with E-state index in [9.17, 15) is 10.1 Å². The van der Waals surface area contributed by atoms with Gasteiger partial charge in [-0.25, -0.2) is 0 Å². The predicted octanol–water partition coefficient (Wildman–Crippen LogP) is -0.0236. The fourth-order valence-corrected chi connectivity index (χ4v) is 0.0667. The Bertz CT molecular complexity index is 75.3. The third-order valence-corrected chi connectivity index (χ3v) is 1.00. The van der Waals surface area contributed by atoms with Crippen molar-refractivity contribution < 1.29 is 10.0 Å². The van der Waals surface area contributed by atoms with Gasteiger partial charge in [-0.3, -0.25) is 10.1 Å². The van der Waals surface area contributed by atoms with Crippen LogP contribution in [0, 0.1) is 10.1 Å². The SMILES string of the molecule is O=[N+]([O-])[C@@H](Br)CO. The van der Waals surface area contributed by atoms with E-state index in [1.54, 1.807) is 0 Å². The van der Waals surface area contributed by atoms with Gasteiger partial charge in [0.1, 0.15) is 6.61 Å². The lowest BCUT2D eigenvalue weighted by molar-refractivity contribution is -0.495. The van der Waals surface area contributed by atoms with Crippen molar-refractivity contribution in [3.63, 3.8) is 0 Å². The van der Waals surface area contributed by atoms with Crippen LogP contribution in [0.3, 0.4) is 0 Å². The molecule has 5 heteroatoms. The highest BCUT2D eigenvalue weighted by Gasteiger charge is 2.10. The average Bonchev–Trinajstić information content (AvgIpc) is 1.65. The predicted molar refractivity (Wildman–Crippen MR) is 26.8 cm³/mol. The van der Waals surface area contributed by atoms with Crippen LogP contribution in [-0.4, -0.2) is 21.6 Å². The van der Waals surface area contributed by atoms with E-state index in [4.69, 9.17) is 5.11 Å². The molecule has 0 aliphatic heterocycles. The molecule has 0 unspecified atom stereocenters. The summed E-state index contributed by atoms with van der Waals surface area (Å²) in [7, 11) is 0. The standard InChI is InChI=1S/C2H4BrNO3/c3-2(1-5)4(6)7/h2,5H,1H2/t2-/m1/s1. The van der Waals surface area contributed by atoms with Gasteiger partial charge in [-0.05, 0) is 15.9 Å². The molecule has 0 amide bonds. The van der Waals surface area contributed by atoms with Crippen LogP contribution in [0.1, 0.15) is 0 Å². The van der Waals surface area contributed by atoms with Crippen LogP contribution in [0.5, 0.6) is 0 Å². The van der Waals surface area contributed by atoms with Crippen LogP contribution < -0.4 is 0 Å². The number of hydrogen-bond donors (Lipinski definition) is 1. The van der Waals surface area contributed by atoms with E-state index in [-0.39, 0.29) is 0 Å². The Morgan fingerprint density at radius 2 is 2.43 bits per heavy atom. The summed E-state index contributed by atoms with van der Waals surface area (Å²) in [6, 6.07) is 0. The second kappa shape index (κ2) is 2.92. The summed E-state index contributed by atoms with van der Waals surface area (Å²) in [6.07, 6.45) is 0. The van der Waals surface area contributed by atoms with Crippen molar-refractivity contribution >= 4 is 15.9 Å². The van der Waals surface area contributed by atoms with E-state index in [0.717, 1.165) is 0 Å². The van der Waals surface area contributed by atoms with Crippen LogP contribution in [0.15, 0.2) is 0 Å². The Morgan fingerprint density at radius 1 is 2.00 bits per heavy atom. The molecule has 0 aliphatic carbocycles. The summed E-state index contributed by atoms with van der Waals surface area (Å²) < 4.78 is 0. The number of rotatable bonds is 2. The van der Waals surface area contributed by atoms with Gasteiger partial charge in [-0.15, -0.1) is 0 Å². The van der Waals surface area contributed by atoms with Crippen LogP contribution in [0.4, 0.5) is 0 Å². The summed E-state index contributed by atoms with van der Waals surface area (Å²) in [4.78, 5) is 7.91. The van der Waals surface area contributed by atoms with Gasteiger partial charge in [0.25, 0.3) is 4.95 Å². The molecular weight excluding hydrogens is 166 g/mol. The smallest absolute Gasteiger partial charge is 0.288 e. The fourth-order valence-electron chi connectivity index (χ4n) is 0.0667. The molecule has 1 atom stereocenters. The lowest BCUT2D eigenvalue weighted by Crippen LogP contribution is -2.14. The molecule has 0 aromatic rings. The van der Waals surface area contributed by atoms with Crippen molar-refractivity contribution in [3.05, 3.63) is 10.1 Å². The Morgan fingerprint density at radius 3 is 2.43 bits per heavy atom. The maximum atomic E-state index is 9.53.